The molecule has 1 N–H and O–H groups in total. The molecule has 1 saturated heterocycles. The van der Waals surface area contributed by atoms with Gasteiger partial charge in [-0.1, -0.05) is 12.1 Å². The second kappa shape index (κ2) is 7.77. The summed E-state index contributed by atoms with van der Waals surface area (Å²) in [7, 11) is 1.66. The molecule has 0 bridgehead atoms. The van der Waals surface area contributed by atoms with Gasteiger partial charge in [-0.2, -0.15) is 0 Å². The molecule has 24 heavy (non-hydrogen) atoms. The number of anilines is 1. The van der Waals surface area contributed by atoms with Crippen LogP contribution < -0.4 is 10.1 Å². The normalized spacial score (nSPS) is 16.9. The van der Waals surface area contributed by atoms with Crippen LogP contribution in [-0.4, -0.2) is 41.0 Å². The van der Waals surface area contributed by atoms with Crippen molar-refractivity contribution >= 4 is 11.9 Å². The summed E-state index contributed by atoms with van der Waals surface area (Å²) in [6.45, 7) is 1.35. The van der Waals surface area contributed by atoms with Gasteiger partial charge in [0, 0.05) is 31.9 Å². The van der Waals surface area contributed by atoms with Crippen molar-refractivity contribution < 1.29 is 9.53 Å². The minimum absolute atomic E-state index is 0.163. The summed E-state index contributed by atoms with van der Waals surface area (Å²) in [5.41, 5.74) is 1.17. The first-order valence-corrected chi connectivity index (χ1v) is 8.22. The topological polar surface area (TPSA) is 67.3 Å². The molecule has 2 heterocycles. The van der Waals surface area contributed by atoms with E-state index in [0.717, 1.165) is 25.1 Å². The molecule has 1 fully saturated rings. The third kappa shape index (κ3) is 3.82. The smallest absolute Gasteiger partial charge is 0.224 e. The standard InChI is InChI=1S/C18H22N4O2/c1-24-15-7-5-14(6-8-15)16-4-2-13-22(16)17(23)9-12-21-18-19-10-3-11-20-18/h3,5-8,10-11,16H,2,4,9,12-13H2,1H3,(H,19,20,21)/t16-/m1/s1. The lowest BCUT2D eigenvalue weighted by Gasteiger charge is -2.25. The van der Waals surface area contributed by atoms with Crippen molar-refractivity contribution in [3.8, 4) is 5.75 Å². The maximum atomic E-state index is 12.6. The Labute approximate surface area is 141 Å². The predicted molar refractivity (Wildman–Crippen MR) is 91.8 cm³/mol. The number of amides is 1. The first-order valence-electron chi connectivity index (χ1n) is 8.22. The van der Waals surface area contributed by atoms with E-state index in [4.69, 9.17) is 4.74 Å². The Kier molecular flexibility index (Phi) is 5.25. The summed E-state index contributed by atoms with van der Waals surface area (Å²) < 4.78 is 5.20. The van der Waals surface area contributed by atoms with E-state index >= 15 is 0 Å². The van der Waals surface area contributed by atoms with Crippen molar-refractivity contribution in [2.24, 2.45) is 0 Å². The Hall–Kier alpha value is -2.63. The lowest BCUT2D eigenvalue weighted by molar-refractivity contribution is -0.131. The number of hydrogen-bond acceptors (Lipinski definition) is 5. The van der Waals surface area contributed by atoms with Crippen LogP contribution in [0.4, 0.5) is 5.95 Å². The van der Waals surface area contributed by atoms with Crippen molar-refractivity contribution in [3.63, 3.8) is 0 Å². The average Bonchev–Trinajstić information content (AvgIpc) is 3.12. The number of carbonyl (C=O) groups excluding carboxylic acids is 1. The zero-order valence-corrected chi connectivity index (χ0v) is 13.8. The molecule has 1 aliphatic rings. The van der Waals surface area contributed by atoms with Gasteiger partial charge in [-0.15, -0.1) is 0 Å². The second-order valence-corrected chi connectivity index (χ2v) is 5.77. The predicted octanol–water partition coefficient (Wildman–Crippen LogP) is 2.65. The highest BCUT2D eigenvalue weighted by Gasteiger charge is 2.29. The molecule has 1 aromatic heterocycles. The largest absolute Gasteiger partial charge is 0.497 e. The van der Waals surface area contributed by atoms with E-state index in [1.807, 2.05) is 29.2 Å². The van der Waals surface area contributed by atoms with Crippen LogP contribution in [0, 0.1) is 0 Å². The van der Waals surface area contributed by atoms with Crippen molar-refractivity contribution in [2.45, 2.75) is 25.3 Å². The highest BCUT2D eigenvalue weighted by atomic mass is 16.5. The zero-order valence-electron chi connectivity index (χ0n) is 13.8. The minimum atomic E-state index is 0.163. The number of nitrogens with zero attached hydrogens (tertiary/aromatic N) is 3. The maximum Gasteiger partial charge on any atom is 0.224 e. The van der Waals surface area contributed by atoms with Crippen molar-refractivity contribution in [1.29, 1.82) is 0 Å². The highest BCUT2D eigenvalue weighted by molar-refractivity contribution is 5.77. The fourth-order valence-corrected chi connectivity index (χ4v) is 3.05. The van der Waals surface area contributed by atoms with Gasteiger partial charge < -0.3 is 15.0 Å². The molecule has 0 saturated carbocycles. The van der Waals surface area contributed by atoms with Crippen molar-refractivity contribution in [3.05, 3.63) is 48.3 Å². The van der Waals surface area contributed by atoms with Gasteiger partial charge in [0.15, 0.2) is 0 Å². The number of carbonyl (C=O) groups is 1. The molecule has 6 heteroatoms. The number of nitrogens with one attached hydrogen (secondary N) is 1. The Morgan fingerprint density at radius 1 is 1.29 bits per heavy atom. The van der Waals surface area contributed by atoms with Crippen molar-refractivity contribution in [2.75, 3.05) is 25.5 Å². The van der Waals surface area contributed by atoms with Gasteiger partial charge in [0.05, 0.1) is 13.2 Å². The van der Waals surface area contributed by atoms with Gasteiger partial charge in [0.2, 0.25) is 11.9 Å². The van der Waals surface area contributed by atoms with Crippen LogP contribution in [0.15, 0.2) is 42.7 Å². The number of aromatic nitrogens is 2. The molecular weight excluding hydrogens is 304 g/mol. The van der Waals surface area contributed by atoms with Crippen LogP contribution in [0.2, 0.25) is 0 Å². The van der Waals surface area contributed by atoms with Crippen LogP contribution in [0.3, 0.4) is 0 Å². The Morgan fingerprint density at radius 3 is 2.75 bits per heavy atom. The molecule has 0 aliphatic carbocycles. The molecule has 1 aromatic carbocycles. The molecule has 1 atom stereocenters. The van der Waals surface area contributed by atoms with Crippen LogP contribution in [0.1, 0.15) is 30.9 Å². The van der Waals surface area contributed by atoms with E-state index in [9.17, 15) is 4.79 Å². The fourth-order valence-electron chi connectivity index (χ4n) is 3.05. The number of ether oxygens (including phenoxy) is 1. The van der Waals surface area contributed by atoms with E-state index in [2.05, 4.69) is 15.3 Å². The molecule has 126 valence electrons. The van der Waals surface area contributed by atoms with Crippen LogP contribution in [0.5, 0.6) is 5.75 Å². The molecule has 2 aromatic rings. The minimum Gasteiger partial charge on any atom is -0.497 e. The number of methoxy groups -OCH3 is 1. The summed E-state index contributed by atoms with van der Waals surface area (Å²) in [5, 5.41) is 3.08. The molecule has 3 rings (SSSR count). The average molecular weight is 326 g/mol. The van der Waals surface area contributed by atoms with Gasteiger partial charge in [-0.05, 0) is 36.6 Å². The lowest BCUT2D eigenvalue weighted by atomic mass is 10.0. The summed E-state index contributed by atoms with van der Waals surface area (Å²) in [6, 6.07) is 9.92. The monoisotopic (exact) mass is 326 g/mol. The summed E-state index contributed by atoms with van der Waals surface area (Å²) >= 11 is 0. The van der Waals surface area contributed by atoms with Crippen molar-refractivity contribution in [1.82, 2.24) is 14.9 Å². The molecule has 0 radical (unpaired) electrons. The van der Waals surface area contributed by atoms with E-state index in [-0.39, 0.29) is 11.9 Å². The maximum absolute atomic E-state index is 12.6. The van der Waals surface area contributed by atoms with Gasteiger partial charge in [0.1, 0.15) is 5.75 Å². The highest BCUT2D eigenvalue weighted by Crippen LogP contribution is 2.33. The van der Waals surface area contributed by atoms with E-state index in [0.29, 0.717) is 18.9 Å². The third-order valence-corrected chi connectivity index (χ3v) is 4.26. The SMILES string of the molecule is COc1ccc([C@H]2CCCN2C(=O)CCNc2ncccn2)cc1. The molecule has 1 aliphatic heterocycles. The van der Waals surface area contributed by atoms with Gasteiger partial charge in [-0.3, -0.25) is 4.79 Å². The quantitative estimate of drug-likeness (QED) is 0.884. The first-order chi connectivity index (χ1) is 11.8. The second-order valence-electron chi connectivity index (χ2n) is 5.77. The number of hydrogen-bond donors (Lipinski definition) is 1. The van der Waals surface area contributed by atoms with E-state index in [1.54, 1.807) is 25.6 Å². The Morgan fingerprint density at radius 2 is 2.04 bits per heavy atom. The van der Waals surface area contributed by atoms with Crippen LogP contribution in [-0.2, 0) is 4.79 Å². The molecule has 1 amide bonds. The lowest BCUT2D eigenvalue weighted by Crippen LogP contribution is -2.31. The third-order valence-electron chi connectivity index (χ3n) is 4.26. The first kappa shape index (κ1) is 16.2. The van der Waals surface area contributed by atoms with Gasteiger partial charge >= 0.3 is 0 Å². The number of benzene rings is 1. The summed E-state index contributed by atoms with van der Waals surface area (Å²) in [4.78, 5) is 22.7. The molecule has 0 unspecified atom stereocenters. The van der Waals surface area contributed by atoms with Gasteiger partial charge in [-0.25, -0.2) is 9.97 Å². The summed E-state index contributed by atoms with van der Waals surface area (Å²) in [5.74, 6) is 1.55. The molecular formula is C18H22N4O2. The zero-order chi connectivity index (χ0) is 16.8. The van der Waals surface area contributed by atoms with Crippen LogP contribution in [0.25, 0.3) is 0 Å². The Balaban J connectivity index is 1.56. The van der Waals surface area contributed by atoms with Gasteiger partial charge in [0.25, 0.3) is 0 Å². The summed E-state index contributed by atoms with van der Waals surface area (Å²) in [6.07, 6.45) is 5.84. The van der Waals surface area contributed by atoms with Crippen LogP contribution >= 0.6 is 0 Å². The Bertz CT molecular complexity index is 660. The number of likely N-dealkylation sites (tertiary alicyclic amines) is 1. The molecule has 6 nitrogen and oxygen atoms in total. The van der Waals surface area contributed by atoms with E-state index in [1.165, 1.54) is 5.56 Å². The fraction of sp³-hybridized carbons (Fsp3) is 0.389. The number of rotatable bonds is 6. The van der Waals surface area contributed by atoms with E-state index < -0.39 is 0 Å². The molecule has 0 spiro atoms.